The number of esters is 1. The minimum atomic E-state index is -0.562. The molecule has 0 aliphatic carbocycles. The van der Waals surface area contributed by atoms with Crippen molar-refractivity contribution in [2.75, 3.05) is 39.8 Å². The fourth-order valence-corrected chi connectivity index (χ4v) is 3.71. The van der Waals surface area contributed by atoms with Gasteiger partial charge in [-0.05, 0) is 38.1 Å². The van der Waals surface area contributed by atoms with Crippen LogP contribution >= 0.6 is 0 Å². The first-order valence-electron chi connectivity index (χ1n) is 10.2. The molecule has 29 heavy (non-hydrogen) atoms. The van der Waals surface area contributed by atoms with Crippen LogP contribution in [-0.2, 0) is 20.8 Å². The van der Waals surface area contributed by atoms with Gasteiger partial charge in [0, 0.05) is 46.3 Å². The van der Waals surface area contributed by atoms with E-state index in [-0.39, 0.29) is 12.1 Å². The molecular weight excluding hydrogens is 374 g/mol. The van der Waals surface area contributed by atoms with Crippen LogP contribution < -0.4 is 10.1 Å². The first kappa shape index (κ1) is 21.5. The number of likely N-dealkylation sites (N-methyl/N-ethyl adjacent to an activating group) is 1. The lowest BCUT2D eigenvalue weighted by atomic mass is 10.0. The molecule has 8 heteroatoms. The number of carbonyl (C=O) groups is 2. The maximum atomic E-state index is 12.3. The molecule has 3 atom stereocenters. The van der Waals surface area contributed by atoms with E-state index >= 15 is 0 Å². The van der Waals surface area contributed by atoms with Crippen molar-refractivity contribution in [3.8, 4) is 5.75 Å². The quantitative estimate of drug-likeness (QED) is 0.746. The van der Waals surface area contributed by atoms with Crippen LogP contribution in [0.15, 0.2) is 24.3 Å². The lowest BCUT2D eigenvalue weighted by molar-refractivity contribution is -0.163. The van der Waals surface area contributed by atoms with Gasteiger partial charge in [-0.1, -0.05) is 12.1 Å². The van der Waals surface area contributed by atoms with Crippen molar-refractivity contribution in [1.29, 1.82) is 0 Å². The monoisotopic (exact) mass is 405 g/mol. The van der Waals surface area contributed by atoms with E-state index in [4.69, 9.17) is 14.2 Å². The maximum Gasteiger partial charge on any atom is 0.412 e. The number of benzene rings is 1. The summed E-state index contributed by atoms with van der Waals surface area (Å²) in [6, 6.07) is 7.24. The Morgan fingerprint density at radius 3 is 2.52 bits per heavy atom. The molecule has 1 N–H and O–H groups in total. The third-order valence-corrected chi connectivity index (χ3v) is 5.41. The Bertz CT molecular complexity index is 688. The average molecular weight is 405 g/mol. The topological polar surface area (TPSA) is 80.3 Å². The molecule has 1 aromatic carbocycles. The van der Waals surface area contributed by atoms with E-state index in [1.54, 1.807) is 12.1 Å². The van der Waals surface area contributed by atoms with Crippen molar-refractivity contribution < 1.29 is 23.8 Å². The summed E-state index contributed by atoms with van der Waals surface area (Å²) in [4.78, 5) is 28.4. The largest absolute Gasteiger partial charge is 0.458 e. The van der Waals surface area contributed by atoms with E-state index in [2.05, 4.69) is 22.2 Å². The van der Waals surface area contributed by atoms with Gasteiger partial charge in [0.25, 0.3) is 0 Å². The lowest BCUT2D eigenvalue weighted by Crippen LogP contribution is -2.54. The van der Waals surface area contributed by atoms with Crippen LogP contribution in [0, 0.1) is 0 Å². The Hall–Kier alpha value is -2.16. The summed E-state index contributed by atoms with van der Waals surface area (Å²) in [6.07, 6.45) is -0.818. The zero-order valence-electron chi connectivity index (χ0n) is 17.4. The molecule has 0 radical (unpaired) electrons. The van der Waals surface area contributed by atoms with Crippen LogP contribution in [0.4, 0.5) is 4.79 Å². The van der Waals surface area contributed by atoms with Crippen molar-refractivity contribution >= 4 is 12.1 Å². The van der Waals surface area contributed by atoms with Gasteiger partial charge in [0.2, 0.25) is 0 Å². The third kappa shape index (κ3) is 6.42. The number of nitrogens with one attached hydrogen (secondary N) is 1. The first-order valence-corrected chi connectivity index (χ1v) is 10.2. The Morgan fingerprint density at radius 2 is 1.86 bits per heavy atom. The van der Waals surface area contributed by atoms with E-state index in [0.717, 1.165) is 32.7 Å². The van der Waals surface area contributed by atoms with E-state index in [9.17, 15) is 9.59 Å². The number of amides is 1. The summed E-state index contributed by atoms with van der Waals surface area (Å²) in [6.45, 7) is 8.84. The summed E-state index contributed by atoms with van der Waals surface area (Å²) in [5, 5.41) is 2.81. The summed E-state index contributed by atoms with van der Waals surface area (Å²) in [7, 11) is 2.14. The zero-order valence-corrected chi connectivity index (χ0v) is 17.4. The molecule has 0 spiro atoms. The molecular formula is C21H31N3O5. The fourth-order valence-electron chi connectivity index (χ4n) is 3.71. The van der Waals surface area contributed by atoms with Crippen molar-refractivity contribution in [3.05, 3.63) is 29.8 Å². The average Bonchev–Trinajstić information content (AvgIpc) is 2.68. The van der Waals surface area contributed by atoms with Crippen molar-refractivity contribution in [2.24, 2.45) is 0 Å². The molecule has 3 unspecified atom stereocenters. The van der Waals surface area contributed by atoms with E-state index in [1.165, 1.54) is 12.5 Å². The van der Waals surface area contributed by atoms with Crippen molar-refractivity contribution in [1.82, 2.24) is 15.1 Å². The number of rotatable bonds is 5. The van der Waals surface area contributed by atoms with Gasteiger partial charge in [0.1, 0.15) is 11.9 Å². The number of ether oxygens (including phenoxy) is 3. The predicted octanol–water partition coefficient (Wildman–Crippen LogP) is 1.63. The molecule has 2 aliphatic rings. The molecule has 8 nitrogen and oxygen atoms in total. The number of nitrogens with zero attached hydrogens (tertiary/aromatic N) is 2. The summed E-state index contributed by atoms with van der Waals surface area (Å²) in [5.41, 5.74) is 1.19. The van der Waals surface area contributed by atoms with Crippen LogP contribution in [0.5, 0.6) is 5.75 Å². The Kier molecular flexibility index (Phi) is 7.46. The van der Waals surface area contributed by atoms with E-state index in [1.807, 2.05) is 19.1 Å². The van der Waals surface area contributed by atoms with Gasteiger partial charge in [-0.15, -0.1) is 0 Å². The SMILES string of the molecule is CC(=O)OC1C(NC(=O)Oc2ccc(CN3CCN(C)CC3)cc2)CCOC1C. The highest BCUT2D eigenvalue weighted by atomic mass is 16.6. The first-order chi connectivity index (χ1) is 13.9. The maximum absolute atomic E-state index is 12.3. The van der Waals surface area contributed by atoms with Crippen LogP contribution in [0.1, 0.15) is 25.8 Å². The molecule has 1 aromatic rings. The van der Waals surface area contributed by atoms with Gasteiger partial charge < -0.3 is 24.4 Å². The van der Waals surface area contributed by atoms with E-state index in [0.29, 0.717) is 18.8 Å². The smallest absolute Gasteiger partial charge is 0.412 e. The van der Waals surface area contributed by atoms with Gasteiger partial charge in [0.05, 0.1) is 12.1 Å². The van der Waals surface area contributed by atoms with Crippen molar-refractivity contribution in [2.45, 2.75) is 45.1 Å². The van der Waals surface area contributed by atoms with Crippen LogP contribution in [0.25, 0.3) is 0 Å². The molecule has 160 valence electrons. The minimum Gasteiger partial charge on any atom is -0.458 e. The molecule has 2 aliphatic heterocycles. The number of hydrogen-bond donors (Lipinski definition) is 1. The van der Waals surface area contributed by atoms with Gasteiger partial charge >= 0.3 is 12.1 Å². The zero-order chi connectivity index (χ0) is 20.8. The normalized spacial score (nSPS) is 26.0. The molecule has 2 heterocycles. The number of hydrogen-bond acceptors (Lipinski definition) is 7. The Labute approximate surface area is 172 Å². The fraction of sp³-hybridized carbons (Fsp3) is 0.619. The lowest BCUT2D eigenvalue weighted by Gasteiger charge is -2.35. The third-order valence-electron chi connectivity index (χ3n) is 5.41. The second-order valence-corrected chi connectivity index (χ2v) is 7.80. The summed E-state index contributed by atoms with van der Waals surface area (Å²) >= 11 is 0. The predicted molar refractivity (Wildman–Crippen MR) is 108 cm³/mol. The van der Waals surface area contributed by atoms with Crippen LogP contribution in [-0.4, -0.2) is 79.9 Å². The van der Waals surface area contributed by atoms with Crippen LogP contribution in [0.2, 0.25) is 0 Å². The highest BCUT2D eigenvalue weighted by Gasteiger charge is 2.35. The molecule has 3 rings (SSSR count). The molecule has 0 aromatic heterocycles. The standard InChI is InChI=1S/C21H31N3O5/c1-15-20(28-16(2)25)19(8-13-27-15)22-21(26)29-18-6-4-17(5-7-18)14-24-11-9-23(3)10-12-24/h4-7,15,19-20H,8-14H2,1-3H3,(H,22,26). The van der Waals surface area contributed by atoms with Gasteiger partial charge in [-0.3, -0.25) is 9.69 Å². The summed E-state index contributed by atoms with van der Waals surface area (Å²) < 4.78 is 16.3. The molecule has 1 amide bonds. The van der Waals surface area contributed by atoms with Crippen molar-refractivity contribution in [3.63, 3.8) is 0 Å². The highest BCUT2D eigenvalue weighted by molar-refractivity contribution is 5.71. The van der Waals surface area contributed by atoms with Gasteiger partial charge in [-0.2, -0.15) is 0 Å². The molecule has 2 fully saturated rings. The van der Waals surface area contributed by atoms with Crippen LogP contribution in [0.3, 0.4) is 0 Å². The second kappa shape index (κ2) is 10.0. The summed E-state index contributed by atoms with van der Waals surface area (Å²) in [5.74, 6) is 0.0808. The van der Waals surface area contributed by atoms with Gasteiger partial charge in [-0.25, -0.2) is 4.79 Å². The number of piperazine rings is 1. The Balaban J connectivity index is 1.50. The minimum absolute atomic E-state index is 0.285. The molecule has 0 bridgehead atoms. The van der Waals surface area contributed by atoms with E-state index < -0.39 is 18.2 Å². The second-order valence-electron chi connectivity index (χ2n) is 7.80. The number of carbonyl (C=O) groups excluding carboxylic acids is 2. The van der Waals surface area contributed by atoms with Gasteiger partial charge in [0.15, 0.2) is 0 Å². The highest BCUT2D eigenvalue weighted by Crippen LogP contribution is 2.19. The molecule has 0 saturated carbocycles. The Morgan fingerprint density at radius 1 is 1.17 bits per heavy atom. The molecule has 2 saturated heterocycles.